The van der Waals surface area contributed by atoms with Gasteiger partial charge in [0.1, 0.15) is 6.10 Å². The normalized spacial score (nSPS) is 20.9. The van der Waals surface area contributed by atoms with Gasteiger partial charge in [-0.1, -0.05) is 11.6 Å². The monoisotopic (exact) mass is 319 g/mol. The zero-order chi connectivity index (χ0) is 14.8. The predicted molar refractivity (Wildman–Crippen MR) is 78.4 cm³/mol. The molecule has 2 N–H and O–H groups in total. The first-order valence-electron chi connectivity index (χ1n) is 6.38. The molecule has 0 saturated carbocycles. The summed E-state index contributed by atoms with van der Waals surface area (Å²) in [5.41, 5.74) is 6.48. The highest BCUT2D eigenvalue weighted by molar-refractivity contribution is 7.91. The van der Waals surface area contributed by atoms with Crippen molar-refractivity contribution in [1.82, 2.24) is 0 Å². The standard InChI is InChI=1S/C13H18ClNO4S/c1-18-12-7-9(2-4-15)6-11(14)13(12)19-10-3-5-20(16,17)8-10/h6-7,10H,2-5,8,15H2,1H3. The maximum atomic E-state index is 11.5. The highest BCUT2D eigenvalue weighted by Crippen LogP contribution is 2.38. The van der Waals surface area contributed by atoms with E-state index in [2.05, 4.69) is 0 Å². The topological polar surface area (TPSA) is 78.6 Å². The van der Waals surface area contributed by atoms with Crippen LogP contribution in [0.4, 0.5) is 0 Å². The van der Waals surface area contributed by atoms with Crippen molar-refractivity contribution in [1.29, 1.82) is 0 Å². The molecule has 112 valence electrons. The van der Waals surface area contributed by atoms with Gasteiger partial charge in [-0.3, -0.25) is 0 Å². The number of hydrogen-bond acceptors (Lipinski definition) is 5. The first kappa shape index (κ1) is 15.4. The average Bonchev–Trinajstić information content (AvgIpc) is 2.72. The van der Waals surface area contributed by atoms with Gasteiger partial charge in [0.25, 0.3) is 0 Å². The van der Waals surface area contributed by atoms with Crippen LogP contribution < -0.4 is 15.2 Å². The van der Waals surface area contributed by atoms with E-state index in [4.69, 9.17) is 26.8 Å². The van der Waals surface area contributed by atoms with Crippen molar-refractivity contribution in [3.63, 3.8) is 0 Å². The summed E-state index contributed by atoms with van der Waals surface area (Å²) in [5, 5.41) is 0.414. The lowest BCUT2D eigenvalue weighted by atomic mass is 10.1. The van der Waals surface area contributed by atoms with Gasteiger partial charge in [0, 0.05) is 0 Å². The minimum absolute atomic E-state index is 0.0248. The molecule has 1 aromatic rings. The Labute approximate surface area is 123 Å². The summed E-state index contributed by atoms with van der Waals surface area (Å²) in [6.45, 7) is 0.514. The van der Waals surface area contributed by atoms with Gasteiger partial charge >= 0.3 is 0 Å². The fourth-order valence-electron chi connectivity index (χ4n) is 2.22. The minimum Gasteiger partial charge on any atom is -0.493 e. The minimum atomic E-state index is -2.99. The van der Waals surface area contributed by atoms with E-state index in [-0.39, 0.29) is 17.6 Å². The van der Waals surface area contributed by atoms with Crippen LogP contribution in [0.5, 0.6) is 11.5 Å². The summed E-state index contributed by atoms with van der Waals surface area (Å²) in [5.74, 6) is 1.09. The van der Waals surface area contributed by atoms with E-state index >= 15 is 0 Å². The molecule has 1 unspecified atom stereocenters. The predicted octanol–water partition coefficient (Wildman–Crippen LogP) is 1.42. The number of benzene rings is 1. The first-order chi connectivity index (χ1) is 9.45. The molecule has 0 amide bonds. The van der Waals surface area contributed by atoms with Gasteiger partial charge in [-0.15, -0.1) is 0 Å². The summed E-state index contributed by atoms with van der Waals surface area (Å²) < 4.78 is 33.9. The van der Waals surface area contributed by atoms with Crippen molar-refractivity contribution >= 4 is 21.4 Å². The number of rotatable bonds is 5. The Balaban J connectivity index is 2.23. The van der Waals surface area contributed by atoms with Crippen LogP contribution in [0, 0.1) is 0 Å². The van der Waals surface area contributed by atoms with Gasteiger partial charge in [0.15, 0.2) is 21.3 Å². The van der Waals surface area contributed by atoms with Gasteiger partial charge in [0.05, 0.1) is 23.6 Å². The Morgan fingerprint density at radius 1 is 1.45 bits per heavy atom. The molecule has 1 aromatic carbocycles. The lowest BCUT2D eigenvalue weighted by molar-refractivity contribution is 0.218. The number of sulfone groups is 1. The fraction of sp³-hybridized carbons (Fsp3) is 0.538. The SMILES string of the molecule is COc1cc(CCN)cc(Cl)c1OC1CCS(=O)(=O)C1. The van der Waals surface area contributed by atoms with Crippen LogP contribution in [0.15, 0.2) is 12.1 Å². The summed E-state index contributed by atoms with van der Waals surface area (Å²) >= 11 is 6.20. The molecule has 1 aliphatic heterocycles. The molecular formula is C13H18ClNO4S. The molecule has 2 rings (SSSR count). The van der Waals surface area contributed by atoms with Gasteiger partial charge in [-0.05, 0) is 37.1 Å². The van der Waals surface area contributed by atoms with Crippen molar-refractivity contribution in [2.45, 2.75) is 18.9 Å². The van der Waals surface area contributed by atoms with Gasteiger partial charge in [-0.25, -0.2) is 8.42 Å². The van der Waals surface area contributed by atoms with E-state index in [1.54, 1.807) is 6.07 Å². The first-order valence-corrected chi connectivity index (χ1v) is 8.58. The second-order valence-electron chi connectivity index (χ2n) is 4.79. The number of nitrogens with two attached hydrogens (primary N) is 1. The zero-order valence-electron chi connectivity index (χ0n) is 11.3. The van der Waals surface area contributed by atoms with Crippen LogP contribution in [0.2, 0.25) is 5.02 Å². The third-order valence-corrected chi connectivity index (χ3v) is 5.22. The largest absolute Gasteiger partial charge is 0.493 e. The number of methoxy groups -OCH3 is 1. The molecule has 0 spiro atoms. The number of halogens is 1. The van der Waals surface area contributed by atoms with Gasteiger partial charge in [0.2, 0.25) is 0 Å². The van der Waals surface area contributed by atoms with Crippen molar-refractivity contribution in [2.24, 2.45) is 5.73 Å². The molecule has 0 aliphatic carbocycles. The van der Waals surface area contributed by atoms with Crippen LogP contribution in [0.3, 0.4) is 0 Å². The smallest absolute Gasteiger partial charge is 0.180 e. The van der Waals surface area contributed by atoms with Crippen LogP contribution in [-0.4, -0.2) is 39.7 Å². The van der Waals surface area contributed by atoms with Crippen LogP contribution in [0.1, 0.15) is 12.0 Å². The molecule has 7 heteroatoms. The Morgan fingerprint density at radius 2 is 2.20 bits per heavy atom. The van der Waals surface area contributed by atoms with E-state index < -0.39 is 9.84 Å². The molecule has 1 heterocycles. The quantitative estimate of drug-likeness (QED) is 0.888. The zero-order valence-corrected chi connectivity index (χ0v) is 12.8. The van der Waals surface area contributed by atoms with Gasteiger partial charge < -0.3 is 15.2 Å². The lowest BCUT2D eigenvalue weighted by Gasteiger charge is -2.17. The molecule has 1 atom stereocenters. The van der Waals surface area contributed by atoms with Crippen molar-refractivity contribution in [3.8, 4) is 11.5 Å². The van der Waals surface area contributed by atoms with E-state index in [0.717, 1.165) is 5.56 Å². The lowest BCUT2D eigenvalue weighted by Crippen LogP contribution is -2.18. The highest BCUT2D eigenvalue weighted by Gasteiger charge is 2.30. The Hall–Kier alpha value is -0.980. The van der Waals surface area contributed by atoms with Gasteiger partial charge in [-0.2, -0.15) is 0 Å². The fourth-order valence-corrected chi connectivity index (χ4v) is 4.09. The molecule has 20 heavy (non-hydrogen) atoms. The molecule has 0 bridgehead atoms. The summed E-state index contributed by atoms with van der Waals surface area (Å²) in [6.07, 6.45) is 0.798. The van der Waals surface area contributed by atoms with Crippen LogP contribution >= 0.6 is 11.6 Å². The Morgan fingerprint density at radius 3 is 2.75 bits per heavy atom. The molecule has 0 radical (unpaired) electrons. The molecule has 1 aliphatic rings. The summed E-state index contributed by atoms with van der Waals surface area (Å²) in [4.78, 5) is 0. The maximum Gasteiger partial charge on any atom is 0.180 e. The third-order valence-electron chi connectivity index (χ3n) is 3.20. The van der Waals surface area contributed by atoms with Crippen molar-refractivity contribution in [3.05, 3.63) is 22.7 Å². The maximum absolute atomic E-state index is 11.5. The van der Waals surface area contributed by atoms with E-state index in [1.807, 2.05) is 6.07 Å². The molecule has 5 nitrogen and oxygen atoms in total. The average molecular weight is 320 g/mol. The Kier molecular flexibility index (Phi) is 4.78. The molecule has 1 fully saturated rings. The Bertz CT molecular complexity index is 588. The second kappa shape index (κ2) is 6.20. The third kappa shape index (κ3) is 3.56. The highest BCUT2D eigenvalue weighted by atomic mass is 35.5. The van der Waals surface area contributed by atoms with Crippen LogP contribution in [0.25, 0.3) is 0 Å². The second-order valence-corrected chi connectivity index (χ2v) is 7.43. The van der Waals surface area contributed by atoms with Crippen molar-refractivity contribution < 1.29 is 17.9 Å². The van der Waals surface area contributed by atoms with E-state index in [9.17, 15) is 8.42 Å². The van der Waals surface area contributed by atoms with E-state index in [1.165, 1.54) is 7.11 Å². The summed E-state index contributed by atoms with van der Waals surface area (Å²) in [6, 6.07) is 3.59. The van der Waals surface area contributed by atoms with E-state index in [0.29, 0.717) is 35.9 Å². The summed E-state index contributed by atoms with van der Waals surface area (Å²) in [7, 11) is -1.47. The molecule has 1 saturated heterocycles. The van der Waals surface area contributed by atoms with Crippen LogP contribution in [-0.2, 0) is 16.3 Å². The molecular weight excluding hydrogens is 302 g/mol. The number of hydrogen-bond donors (Lipinski definition) is 1. The van der Waals surface area contributed by atoms with Crippen molar-refractivity contribution in [2.75, 3.05) is 25.2 Å². The molecule has 0 aromatic heterocycles. The number of ether oxygens (including phenoxy) is 2.